The van der Waals surface area contributed by atoms with E-state index in [1.807, 2.05) is 38.1 Å². The molecular weight excluding hydrogens is 629 g/mol. The number of fused-ring (bicyclic) bond motifs is 2. The van der Waals surface area contributed by atoms with Crippen LogP contribution in [0, 0.1) is 5.92 Å². The number of ether oxygens (including phenoxy) is 1. The molecule has 0 saturated carbocycles. The number of hydrogen-bond acceptors (Lipinski definition) is 8. The minimum Gasteiger partial charge on any atom is -0.378 e. The Bertz CT molecular complexity index is 1680. The van der Waals surface area contributed by atoms with Crippen LogP contribution in [-0.4, -0.2) is 71.8 Å². The number of para-hydroxylation sites is 1. The van der Waals surface area contributed by atoms with Crippen molar-refractivity contribution in [1.82, 2.24) is 9.47 Å². The van der Waals surface area contributed by atoms with Gasteiger partial charge in [-0.15, -0.1) is 0 Å². The van der Waals surface area contributed by atoms with E-state index in [-0.39, 0.29) is 12.5 Å². The van der Waals surface area contributed by atoms with E-state index >= 15 is 0 Å². The quantitative estimate of drug-likeness (QED) is 0.347. The zero-order chi connectivity index (χ0) is 32.0. The first-order chi connectivity index (χ1) is 21.5. The lowest BCUT2D eigenvalue weighted by atomic mass is 9.83. The highest BCUT2D eigenvalue weighted by Crippen LogP contribution is 2.54. The van der Waals surface area contributed by atoms with Crippen LogP contribution in [0.15, 0.2) is 58.4 Å². The summed E-state index contributed by atoms with van der Waals surface area (Å²) in [5.41, 5.74) is -0.00303. The van der Waals surface area contributed by atoms with Gasteiger partial charge in [0.2, 0.25) is 17.7 Å². The molecule has 3 aliphatic rings. The predicted molar refractivity (Wildman–Crippen MR) is 165 cm³/mol. The number of morpholine rings is 1. The van der Waals surface area contributed by atoms with Crippen LogP contribution in [0.25, 0.3) is 0 Å². The number of halogens is 3. The average molecular weight is 661 g/mol. The lowest BCUT2D eigenvalue weighted by Gasteiger charge is -2.31. The average Bonchev–Trinajstić information content (AvgIpc) is 3.48. The van der Waals surface area contributed by atoms with Crippen LogP contribution >= 0.6 is 23.1 Å². The number of thioether (sulfide) groups is 1. The Morgan fingerprint density at radius 1 is 0.978 bits per heavy atom. The van der Waals surface area contributed by atoms with E-state index in [0.717, 1.165) is 54.0 Å². The molecule has 238 valence electrons. The van der Waals surface area contributed by atoms with E-state index in [1.54, 1.807) is 4.90 Å². The molecule has 3 amide bonds. The number of anilines is 2. The second-order valence-electron chi connectivity index (χ2n) is 10.9. The van der Waals surface area contributed by atoms with Gasteiger partial charge in [0.25, 0.3) is 0 Å². The van der Waals surface area contributed by atoms with Crippen molar-refractivity contribution in [3.63, 3.8) is 0 Å². The monoisotopic (exact) mass is 660 g/mol. The molecule has 0 unspecified atom stereocenters. The van der Waals surface area contributed by atoms with Crippen molar-refractivity contribution >= 4 is 52.2 Å². The first-order valence-electron chi connectivity index (χ1n) is 14.7. The minimum atomic E-state index is -4.79. The van der Waals surface area contributed by atoms with Gasteiger partial charge in [0.15, 0.2) is 0 Å². The van der Waals surface area contributed by atoms with Crippen LogP contribution in [-0.2, 0) is 31.8 Å². The number of hydrogen-bond donors (Lipinski definition) is 0. The molecule has 1 aromatic heterocycles. The minimum absolute atomic E-state index is 0.259. The maximum absolute atomic E-state index is 14.1. The van der Waals surface area contributed by atoms with Crippen LogP contribution in [0.5, 0.6) is 0 Å². The molecule has 4 heterocycles. The number of rotatable bonds is 7. The normalized spacial score (nSPS) is 21.6. The highest BCUT2D eigenvalue weighted by molar-refractivity contribution is 8.00. The Hall–Kier alpha value is -3.62. The Balaban J connectivity index is 1.45. The molecule has 3 atom stereocenters. The van der Waals surface area contributed by atoms with Gasteiger partial charge in [-0.2, -0.15) is 13.2 Å². The summed E-state index contributed by atoms with van der Waals surface area (Å²) in [6.45, 7) is 6.89. The molecule has 14 heteroatoms. The van der Waals surface area contributed by atoms with Crippen molar-refractivity contribution in [3.8, 4) is 0 Å². The zero-order valence-electron chi connectivity index (χ0n) is 24.6. The fourth-order valence-electron chi connectivity index (χ4n) is 6.29. The molecule has 0 aliphatic carbocycles. The molecule has 2 fully saturated rings. The van der Waals surface area contributed by atoms with Crippen molar-refractivity contribution in [2.75, 3.05) is 49.2 Å². The molecule has 3 aromatic rings. The Kier molecular flexibility index (Phi) is 8.57. The number of nitrogens with zero attached hydrogens (tertiary/aromatic N) is 4. The lowest BCUT2D eigenvalue weighted by molar-refractivity contribution is -0.137. The highest BCUT2D eigenvalue weighted by atomic mass is 32.2. The van der Waals surface area contributed by atoms with Gasteiger partial charge in [-0.1, -0.05) is 47.4 Å². The van der Waals surface area contributed by atoms with Crippen LogP contribution < -0.4 is 14.7 Å². The third kappa shape index (κ3) is 5.57. The van der Waals surface area contributed by atoms with E-state index in [9.17, 15) is 32.3 Å². The summed E-state index contributed by atoms with van der Waals surface area (Å²) in [5.74, 6) is -3.66. The number of amides is 3. The second-order valence-corrected chi connectivity index (χ2v) is 13.1. The SMILES string of the molecule is CCN(CC)c1ccc([C@@H]2c3sc(=O)n(CC(=O)N4CCOCC4)c3S[C@H]3C(=O)N(c4ccccc4C(F)(F)F)C(=O)[C@@H]23)cc1. The second kappa shape index (κ2) is 12.3. The molecule has 6 rings (SSSR count). The number of aromatic nitrogens is 1. The van der Waals surface area contributed by atoms with E-state index in [2.05, 4.69) is 4.90 Å². The largest absolute Gasteiger partial charge is 0.418 e. The van der Waals surface area contributed by atoms with Gasteiger partial charge in [-0.25, -0.2) is 4.90 Å². The van der Waals surface area contributed by atoms with Crippen molar-refractivity contribution in [2.24, 2.45) is 5.92 Å². The summed E-state index contributed by atoms with van der Waals surface area (Å²) in [5, 5.41) is -0.713. The van der Waals surface area contributed by atoms with Crippen molar-refractivity contribution in [1.29, 1.82) is 0 Å². The fraction of sp³-hybridized carbons (Fsp3) is 0.419. The van der Waals surface area contributed by atoms with Gasteiger partial charge >= 0.3 is 11.0 Å². The Morgan fingerprint density at radius 3 is 2.29 bits per heavy atom. The van der Waals surface area contributed by atoms with Gasteiger partial charge in [0.05, 0.1) is 35.4 Å². The Morgan fingerprint density at radius 2 is 1.64 bits per heavy atom. The third-order valence-corrected chi connectivity index (χ3v) is 11.1. The van der Waals surface area contributed by atoms with Crippen LogP contribution in [0.4, 0.5) is 24.5 Å². The van der Waals surface area contributed by atoms with Crippen LogP contribution in [0.1, 0.15) is 35.8 Å². The van der Waals surface area contributed by atoms with Crippen LogP contribution in [0.3, 0.4) is 0 Å². The standard InChI is InChI=1S/C31H31F3N4O5S2/c1-3-35(4-2)19-11-9-18(10-12-19)23-24-25(28(41)38(27(24)40)21-8-6-5-7-20(21)31(32,33)34)44-29-26(23)45-30(42)37(29)17-22(39)36-13-15-43-16-14-36/h5-12,23-25H,3-4,13-17H2,1-2H3/t23-,24-,25+/m0/s1. The van der Waals surface area contributed by atoms with Gasteiger partial charge in [0, 0.05) is 42.7 Å². The van der Waals surface area contributed by atoms with Gasteiger partial charge < -0.3 is 14.5 Å². The summed E-state index contributed by atoms with van der Waals surface area (Å²) >= 11 is 1.88. The highest BCUT2D eigenvalue weighted by Gasteiger charge is 2.57. The maximum Gasteiger partial charge on any atom is 0.418 e. The number of imide groups is 1. The maximum atomic E-state index is 14.1. The summed E-state index contributed by atoms with van der Waals surface area (Å²) < 4.78 is 48.8. The molecule has 2 saturated heterocycles. The van der Waals surface area contributed by atoms with E-state index in [0.29, 0.717) is 46.7 Å². The lowest BCUT2D eigenvalue weighted by Crippen LogP contribution is -2.43. The first-order valence-corrected chi connectivity index (χ1v) is 16.4. The Labute approximate surface area is 265 Å². The number of carbonyl (C=O) groups is 3. The van der Waals surface area contributed by atoms with Gasteiger partial charge in [-0.3, -0.25) is 23.7 Å². The van der Waals surface area contributed by atoms with Crippen molar-refractivity contribution < 1.29 is 32.3 Å². The molecule has 0 bridgehead atoms. The summed E-state index contributed by atoms with van der Waals surface area (Å²) in [6.07, 6.45) is -4.79. The third-order valence-electron chi connectivity index (χ3n) is 8.54. The number of alkyl halides is 3. The smallest absolute Gasteiger partial charge is 0.378 e. The number of carbonyl (C=O) groups excluding carboxylic acids is 3. The fourth-order valence-corrected chi connectivity index (χ4v) is 9.06. The molecule has 0 N–H and O–H groups in total. The molecule has 3 aliphatic heterocycles. The molecule has 9 nitrogen and oxygen atoms in total. The van der Waals surface area contributed by atoms with Crippen LogP contribution in [0.2, 0.25) is 0 Å². The summed E-state index contributed by atoms with van der Waals surface area (Å²) in [6, 6.07) is 12.0. The van der Waals surface area contributed by atoms with Gasteiger partial charge in [0.1, 0.15) is 11.8 Å². The molecule has 0 radical (unpaired) electrons. The molecule has 2 aromatic carbocycles. The summed E-state index contributed by atoms with van der Waals surface area (Å²) in [4.78, 5) is 59.2. The molecule has 45 heavy (non-hydrogen) atoms. The zero-order valence-corrected chi connectivity index (χ0v) is 26.2. The number of benzene rings is 2. The molecule has 0 spiro atoms. The predicted octanol–water partition coefficient (Wildman–Crippen LogP) is 4.43. The number of thiazole rings is 1. The molecular formula is C31H31F3N4O5S2. The first kappa shape index (κ1) is 31.4. The van der Waals surface area contributed by atoms with Crippen molar-refractivity contribution in [2.45, 2.75) is 42.8 Å². The summed E-state index contributed by atoms with van der Waals surface area (Å²) in [7, 11) is 0. The van der Waals surface area contributed by atoms with E-state index in [1.165, 1.54) is 16.7 Å². The van der Waals surface area contributed by atoms with E-state index in [4.69, 9.17) is 4.74 Å². The van der Waals surface area contributed by atoms with Gasteiger partial charge in [-0.05, 0) is 43.7 Å². The topological polar surface area (TPSA) is 92.2 Å². The van der Waals surface area contributed by atoms with E-state index < -0.39 is 51.2 Å². The van der Waals surface area contributed by atoms with Crippen molar-refractivity contribution in [3.05, 3.63) is 74.2 Å².